The Kier molecular flexibility index (Phi) is 8.10. The van der Waals surface area contributed by atoms with Gasteiger partial charge in [-0.3, -0.25) is 20.2 Å². The van der Waals surface area contributed by atoms with Crippen molar-refractivity contribution in [2.24, 2.45) is 0 Å². The van der Waals surface area contributed by atoms with Crippen LogP contribution in [0.25, 0.3) is 17.0 Å². The minimum absolute atomic E-state index is 0.0375. The maximum Gasteiger partial charge on any atom is 0.345 e. The van der Waals surface area contributed by atoms with E-state index in [0.29, 0.717) is 0 Å². The van der Waals surface area contributed by atoms with E-state index < -0.39 is 27.2 Å². The number of carbonyl (C=O) groups is 1. The van der Waals surface area contributed by atoms with Gasteiger partial charge in [-0.05, 0) is 61.3 Å². The molecule has 0 saturated heterocycles. The summed E-state index contributed by atoms with van der Waals surface area (Å²) in [5.41, 5.74) is 7.45. The van der Waals surface area contributed by atoms with E-state index in [1.165, 1.54) is 17.7 Å². The summed E-state index contributed by atoms with van der Waals surface area (Å²) in [5.74, 6) is -0.899. The molecule has 1 aromatic heterocycles. The van der Waals surface area contributed by atoms with Crippen LogP contribution in [0.3, 0.4) is 0 Å². The number of ether oxygens (including phenoxy) is 1. The number of carbonyl (C=O) groups excluding carboxylic acids is 1. The molecule has 0 unspecified atom stereocenters. The molecule has 0 atom stereocenters. The molecule has 0 aliphatic carbocycles. The van der Waals surface area contributed by atoms with Gasteiger partial charge in [0.25, 0.3) is 11.4 Å². The van der Waals surface area contributed by atoms with Gasteiger partial charge in [0.15, 0.2) is 0 Å². The van der Waals surface area contributed by atoms with Gasteiger partial charge in [-0.2, -0.15) is 0 Å². The van der Waals surface area contributed by atoms with Crippen molar-refractivity contribution in [2.75, 3.05) is 26.4 Å². The lowest BCUT2D eigenvalue weighted by Gasteiger charge is -2.07. The number of aryl methyl sites for hydroxylation is 1. The number of nitrogens with zero attached hydrogens (tertiary/aromatic N) is 3. The number of esters is 1. The van der Waals surface area contributed by atoms with Crippen LogP contribution in [0, 0.1) is 27.2 Å². The number of benzene rings is 2. The molecule has 11 nitrogen and oxygen atoms in total. The van der Waals surface area contributed by atoms with Crippen LogP contribution < -0.4 is 5.73 Å². The molecule has 0 spiro atoms. The number of rotatable bonds is 6. The number of aromatic amines is 1. The lowest BCUT2D eigenvalue weighted by Crippen LogP contribution is -2.09. The fourth-order valence-electron chi connectivity index (χ4n) is 2.87. The molecule has 0 saturated carbocycles. The fraction of sp³-hybridized carbons (Fsp3) is 0.227. The molecule has 0 aliphatic heterocycles. The van der Waals surface area contributed by atoms with E-state index in [-0.39, 0.29) is 17.7 Å². The van der Waals surface area contributed by atoms with E-state index >= 15 is 0 Å². The number of anilines is 1. The number of nitrogens with one attached hydrogen (secondary N) is 1. The van der Waals surface area contributed by atoms with Gasteiger partial charge >= 0.3 is 5.97 Å². The van der Waals surface area contributed by atoms with Crippen LogP contribution >= 0.6 is 0 Å². The molecular formula is C22H25N5O6. The Morgan fingerprint density at radius 2 is 1.82 bits per heavy atom. The summed E-state index contributed by atoms with van der Waals surface area (Å²) in [7, 11) is 3.42. The number of H-pyrrole nitrogens is 1. The number of nitro benzene ring substituents is 2. The van der Waals surface area contributed by atoms with Crippen LogP contribution in [0.15, 0.2) is 42.7 Å². The molecule has 174 valence electrons. The third kappa shape index (κ3) is 6.29. The van der Waals surface area contributed by atoms with Crippen LogP contribution in [0.2, 0.25) is 0 Å². The Morgan fingerprint density at radius 3 is 2.39 bits per heavy atom. The zero-order chi connectivity index (χ0) is 24.7. The van der Waals surface area contributed by atoms with Gasteiger partial charge in [-0.15, -0.1) is 0 Å². The van der Waals surface area contributed by atoms with E-state index in [0.717, 1.165) is 28.9 Å². The minimum Gasteiger partial charge on any atom is -0.462 e. The number of aromatic nitrogens is 1. The SMILES string of the molecule is CCOC(=O)c1cc(/C=C/N(C)C)c([N+](=O)[O-])cc1[N+](=O)[O-].Cc1cc2cc[nH]c2cc1N. The average Bonchev–Trinajstić information content (AvgIpc) is 3.19. The molecule has 3 N–H and O–H groups in total. The van der Waals surface area contributed by atoms with Crippen molar-refractivity contribution in [1.29, 1.82) is 0 Å². The lowest BCUT2D eigenvalue weighted by atomic mass is 10.1. The Hall–Kier alpha value is -4.41. The summed E-state index contributed by atoms with van der Waals surface area (Å²) >= 11 is 0. The Bertz CT molecular complexity index is 1180. The summed E-state index contributed by atoms with van der Waals surface area (Å²) in [6.07, 6.45) is 4.84. The third-order valence-corrected chi connectivity index (χ3v) is 4.53. The monoisotopic (exact) mass is 455 g/mol. The quantitative estimate of drug-likeness (QED) is 0.241. The largest absolute Gasteiger partial charge is 0.462 e. The number of nitro groups is 2. The topological polar surface area (TPSA) is 158 Å². The molecule has 2 aromatic carbocycles. The number of hydrogen-bond acceptors (Lipinski definition) is 8. The number of hydrogen-bond donors (Lipinski definition) is 2. The second-order valence-corrected chi connectivity index (χ2v) is 7.22. The molecule has 0 radical (unpaired) electrons. The van der Waals surface area contributed by atoms with Crippen molar-refractivity contribution in [3.63, 3.8) is 0 Å². The zero-order valence-electron chi connectivity index (χ0n) is 18.7. The van der Waals surface area contributed by atoms with Crippen molar-refractivity contribution >= 4 is 40.0 Å². The van der Waals surface area contributed by atoms with E-state index in [2.05, 4.69) is 11.1 Å². The van der Waals surface area contributed by atoms with Crippen LogP contribution in [0.4, 0.5) is 17.1 Å². The van der Waals surface area contributed by atoms with Gasteiger partial charge in [-0.25, -0.2) is 4.79 Å². The first kappa shape index (κ1) is 24.9. The van der Waals surface area contributed by atoms with Crippen molar-refractivity contribution in [2.45, 2.75) is 13.8 Å². The van der Waals surface area contributed by atoms with Crippen molar-refractivity contribution in [1.82, 2.24) is 9.88 Å². The van der Waals surface area contributed by atoms with Crippen LogP contribution in [-0.4, -0.2) is 46.4 Å². The normalized spacial score (nSPS) is 10.5. The van der Waals surface area contributed by atoms with E-state index in [1.807, 2.05) is 25.3 Å². The molecule has 1 heterocycles. The first-order valence-electron chi connectivity index (χ1n) is 9.86. The number of nitrogen functional groups attached to an aromatic ring is 1. The second kappa shape index (κ2) is 10.8. The maximum absolute atomic E-state index is 11.8. The summed E-state index contributed by atoms with van der Waals surface area (Å²) < 4.78 is 4.75. The van der Waals surface area contributed by atoms with E-state index in [9.17, 15) is 25.0 Å². The third-order valence-electron chi connectivity index (χ3n) is 4.53. The summed E-state index contributed by atoms with van der Waals surface area (Å²) in [5, 5.41) is 23.3. The summed E-state index contributed by atoms with van der Waals surface area (Å²) in [6, 6.07) is 7.95. The van der Waals surface area contributed by atoms with Crippen molar-refractivity contribution in [3.05, 3.63) is 79.6 Å². The molecule has 0 fully saturated rings. The molecule has 0 bridgehead atoms. The van der Waals surface area contributed by atoms with Crippen LogP contribution in [0.1, 0.15) is 28.4 Å². The maximum atomic E-state index is 11.8. The molecule has 33 heavy (non-hydrogen) atoms. The molecule has 11 heteroatoms. The number of fused-ring (bicyclic) bond motifs is 1. The van der Waals surface area contributed by atoms with Crippen LogP contribution in [-0.2, 0) is 4.74 Å². The van der Waals surface area contributed by atoms with Gasteiger partial charge in [0.1, 0.15) is 5.56 Å². The van der Waals surface area contributed by atoms with Gasteiger partial charge in [0.05, 0.1) is 28.1 Å². The first-order valence-corrected chi connectivity index (χ1v) is 9.86. The highest BCUT2D eigenvalue weighted by Gasteiger charge is 2.28. The minimum atomic E-state index is -0.899. The average molecular weight is 455 g/mol. The smallest absolute Gasteiger partial charge is 0.345 e. The van der Waals surface area contributed by atoms with E-state index in [1.54, 1.807) is 25.9 Å². The van der Waals surface area contributed by atoms with Gasteiger partial charge in [-0.1, -0.05) is 0 Å². The first-order chi connectivity index (χ1) is 15.5. The predicted octanol–water partition coefficient (Wildman–Crippen LogP) is 4.27. The van der Waals surface area contributed by atoms with Crippen molar-refractivity contribution < 1.29 is 19.4 Å². The van der Waals surface area contributed by atoms with Gasteiger partial charge < -0.3 is 20.4 Å². The molecule has 3 aromatic rings. The second-order valence-electron chi connectivity index (χ2n) is 7.22. The molecule has 3 rings (SSSR count). The molecule has 0 aliphatic rings. The highest BCUT2D eigenvalue weighted by Crippen LogP contribution is 2.30. The van der Waals surface area contributed by atoms with Crippen LogP contribution in [0.5, 0.6) is 0 Å². The Labute approximate surface area is 189 Å². The molecule has 0 amide bonds. The number of nitrogens with two attached hydrogens (primary N) is 1. The fourth-order valence-corrected chi connectivity index (χ4v) is 2.87. The molecular weight excluding hydrogens is 430 g/mol. The Balaban J connectivity index is 0.000000288. The van der Waals surface area contributed by atoms with Crippen molar-refractivity contribution in [3.8, 4) is 0 Å². The highest BCUT2D eigenvalue weighted by atomic mass is 16.6. The zero-order valence-corrected chi connectivity index (χ0v) is 18.7. The van der Waals surface area contributed by atoms with Gasteiger partial charge in [0, 0.05) is 31.5 Å². The Morgan fingerprint density at radius 1 is 1.15 bits per heavy atom. The summed E-state index contributed by atoms with van der Waals surface area (Å²) in [6.45, 7) is 3.61. The standard InChI is InChI=1S/C13H15N3O6.C9H10N2/c1-4-22-13(17)10-7-9(5-6-14(2)3)11(15(18)19)8-12(10)16(20)21;1-6-4-7-2-3-11-9(7)5-8(6)10/h5-8H,4H2,1-3H3;2-5,11H,10H2,1H3/b6-5+;. The summed E-state index contributed by atoms with van der Waals surface area (Å²) in [4.78, 5) is 37.1. The lowest BCUT2D eigenvalue weighted by molar-refractivity contribution is -0.394. The van der Waals surface area contributed by atoms with Gasteiger partial charge in [0.2, 0.25) is 0 Å². The predicted molar refractivity (Wildman–Crippen MR) is 126 cm³/mol. The van der Waals surface area contributed by atoms with E-state index in [4.69, 9.17) is 10.5 Å². The highest BCUT2D eigenvalue weighted by molar-refractivity contribution is 5.95.